The topological polar surface area (TPSA) is 118 Å². The highest BCUT2D eigenvalue weighted by atomic mass is 32.2. The van der Waals surface area contributed by atoms with Gasteiger partial charge in [0.2, 0.25) is 6.17 Å². The number of aliphatic carboxylic acids is 1. The average Bonchev–Trinajstić information content (AvgIpc) is 2.42. The number of rotatable bonds is 6. The van der Waals surface area contributed by atoms with Gasteiger partial charge in [-0.3, -0.25) is 14.1 Å². The summed E-state index contributed by atoms with van der Waals surface area (Å²) in [5.74, 6) is -4.58. The molecule has 0 amide bonds. The molecule has 128 valence electrons. The number of hydrogen-bond acceptors (Lipinski definition) is 5. The van der Waals surface area contributed by atoms with E-state index in [4.69, 9.17) is 9.66 Å². The molecule has 1 aliphatic carbocycles. The summed E-state index contributed by atoms with van der Waals surface area (Å²) in [6, 6.07) is 0. The summed E-state index contributed by atoms with van der Waals surface area (Å²) in [7, 11) is -5.99. The lowest BCUT2D eigenvalue weighted by molar-refractivity contribution is -0.162. The second kappa shape index (κ2) is 6.82. The molecule has 0 spiro atoms. The highest BCUT2D eigenvalue weighted by molar-refractivity contribution is 7.86. The van der Waals surface area contributed by atoms with Crippen LogP contribution in [0.4, 0.5) is 13.2 Å². The predicted octanol–water partition coefficient (Wildman–Crippen LogP) is 1.24. The molecule has 3 unspecified atom stereocenters. The fourth-order valence-corrected chi connectivity index (χ4v) is 2.62. The van der Waals surface area contributed by atoms with Crippen molar-refractivity contribution in [2.24, 2.45) is 11.8 Å². The van der Waals surface area contributed by atoms with Crippen LogP contribution in [-0.2, 0) is 24.4 Å². The minimum atomic E-state index is -5.99. The third kappa shape index (κ3) is 4.09. The molecule has 0 aromatic heterocycles. The molecule has 0 saturated heterocycles. The van der Waals surface area contributed by atoms with Crippen LogP contribution in [0.25, 0.3) is 0 Å². The Morgan fingerprint density at radius 2 is 1.73 bits per heavy atom. The van der Waals surface area contributed by atoms with Gasteiger partial charge in [-0.15, -0.1) is 0 Å². The van der Waals surface area contributed by atoms with Crippen LogP contribution in [0, 0.1) is 11.8 Å². The van der Waals surface area contributed by atoms with Gasteiger partial charge in [0.15, 0.2) is 0 Å². The maximum atomic E-state index is 13.2. The van der Waals surface area contributed by atoms with Crippen LogP contribution in [0.2, 0.25) is 0 Å². The average molecular weight is 348 g/mol. The Bertz CT molecular complexity index is 534. The molecule has 1 aliphatic rings. The number of halogens is 3. The summed E-state index contributed by atoms with van der Waals surface area (Å²) >= 11 is 0. The molecule has 0 aliphatic heterocycles. The molecule has 0 aromatic carbocycles. The van der Waals surface area contributed by atoms with Crippen molar-refractivity contribution in [3.05, 3.63) is 0 Å². The lowest BCUT2D eigenvalue weighted by Crippen LogP contribution is -2.42. The van der Waals surface area contributed by atoms with E-state index in [1.807, 2.05) is 0 Å². The van der Waals surface area contributed by atoms with Gasteiger partial charge >= 0.3 is 27.3 Å². The molecule has 0 heterocycles. The summed E-state index contributed by atoms with van der Waals surface area (Å²) in [5, 5.41) is 3.84. The lowest BCUT2D eigenvalue weighted by atomic mass is 9.79. The van der Waals surface area contributed by atoms with Gasteiger partial charge in [0.05, 0.1) is 11.8 Å². The quantitative estimate of drug-likeness (QED) is 0.547. The van der Waals surface area contributed by atoms with Crippen molar-refractivity contribution in [3.63, 3.8) is 0 Å². The van der Waals surface area contributed by atoms with Crippen LogP contribution in [0.5, 0.6) is 0 Å². The number of ether oxygens (including phenoxy) is 1. The maximum Gasteiger partial charge on any atom is 0.403 e. The Kier molecular flexibility index (Phi) is 5.79. The molecule has 0 aromatic rings. The molecule has 0 radical (unpaired) electrons. The smallest absolute Gasteiger partial charge is 0.403 e. The predicted molar refractivity (Wildman–Crippen MR) is 65.4 cm³/mol. The van der Waals surface area contributed by atoms with E-state index in [1.54, 1.807) is 0 Å². The Hall–Kier alpha value is -1.36. The van der Waals surface area contributed by atoms with E-state index >= 15 is 0 Å². The first-order chi connectivity index (χ1) is 9.98. The van der Waals surface area contributed by atoms with Crippen molar-refractivity contribution in [2.75, 3.05) is 6.61 Å². The van der Waals surface area contributed by atoms with Gasteiger partial charge in [-0.1, -0.05) is 12.8 Å². The third-order valence-electron chi connectivity index (χ3n) is 3.47. The Morgan fingerprint density at radius 3 is 2.18 bits per heavy atom. The van der Waals surface area contributed by atoms with E-state index in [2.05, 4.69) is 4.74 Å². The van der Waals surface area contributed by atoms with Crippen molar-refractivity contribution in [2.45, 2.75) is 37.1 Å². The zero-order valence-electron chi connectivity index (χ0n) is 11.2. The Balaban J connectivity index is 2.67. The normalized spacial score (nSPS) is 24.5. The highest BCUT2D eigenvalue weighted by Crippen LogP contribution is 2.32. The number of alkyl halides is 3. The summed E-state index contributed by atoms with van der Waals surface area (Å²) in [6.45, 7) is -1.60. The second-order valence-electron chi connectivity index (χ2n) is 4.97. The van der Waals surface area contributed by atoms with Gasteiger partial charge in [-0.25, -0.2) is 4.39 Å². The van der Waals surface area contributed by atoms with Gasteiger partial charge in [0.1, 0.15) is 6.61 Å². The van der Waals surface area contributed by atoms with Crippen LogP contribution in [0.15, 0.2) is 0 Å². The lowest BCUT2D eigenvalue weighted by Gasteiger charge is -2.27. The minimum Gasteiger partial charge on any atom is -0.481 e. The summed E-state index contributed by atoms with van der Waals surface area (Å²) in [4.78, 5) is 22.7. The van der Waals surface area contributed by atoms with Gasteiger partial charge in [0, 0.05) is 0 Å². The van der Waals surface area contributed by atoms with Crippen molar-refractivity contribution in [1.29, 1.82) is 0 Å². The summed E-state index contributed by atoms with van der Waals surface area (Å²) in [5.41, 5.74) is 0. The Labute approximate surface area is 124 Å². The first kappa shape index (κ1) is 18.7. The summed E-state index contributed by atoms with van der Waals surface area (Å²) < 4.78 is 72.2. The van der Waals surface area contributed by atoms with Crippen LogP contribution in [-0.4, -0.2) is 48.0 Å². The van der Waals surface area contributed by atoms with E-state index < -0.39 is 51.9 Å². The fourth-order valence-electron chi connectivity index (χ4n) is 2.23. The number of carbonyl (C=O) groups excluding carboxylic acids is 1. The zero-order chi connectivity index (χ0) is 17.1. The van der Waals surface area contributed by atoms with E-state index in [0.29, 0.717) is 12.8 Å². The van der Waals surface area contributed by atoms with Crippen molar-refractivity contribution >= 4 is 22.1 Å². The molecule has 3 atom stereocenters. The minimum absolute atomic E-state index is 0.154. The molecule has 11 heteroatoms. The van der Waals surface area contributed by atoms with Crippen LogP contribution in [0.1, 0.15) is 25.7 Å². The van der Waals surface area contributed by atoms with Gasteiger partial charge in [0.25, 0.3) is 0 Å². The number of esters is 1. The maximum absolute atomic E-state index is 13.2. The highest BCUT2D eigenvalue weighted by Gasteiger charge is 2.53. The molecular weight excluding hydrogens is 333 g/mol. The van der Waals surface area contributed by atoms with E-state index in [1.165, 1.54) is 0 Å². The monoisotopic (exact) mass is 348 g/mol. The van der Waals surface area contributed by atoms with Crippen molar-refractivity contribution < 1.29 is 45.6 Å². The zero-order valence-corrected chi connectivity index (χ0v) is 12.1. The van der Waals surface area contributed by atoms with Crippen molar-refractivity contribution in [1.82, 2.24) is 0 Å². The fraction of sp³-hybridized carbons (Fsp3) is 0.818. The number of carbonyl (C=O) groups is 2. The number of carboxylic acid groups (broad SMARTS) is 1. The SMILES string of the molecule is O=C(O)C1CCCCC1C(=O)OCC(F)C(F)(F)S(=O)(=O)O. The van der Waals surface area contributed by atoms with Gasteiger partial charge in [-0.2, -0.15) is 17.2 Å². The third-order valence-corrected chi connectivity index (χ3v) is 4.41. The molecule has 1 saturated carbocycles. The standard InChI is InChI=1S/C11H15F3O7S/c12-8(11(13,14)22(18,19)20)5-21-10(17)7-4-2-1-3-6(7)9(15)16/h6-8H,1-5H2,(H,15,16)(H,18,19,20). The molecule has 7 nitrogen and oxygen atoms in total. The van der Waals surface area contributed by atoms with Gasteiger partial charge < -0.3 is 9.84 Å². The van der Waals surface area contributed by atoms with Crippen LogP contribution in [0.3, 0.4) is 0 Å². The molecule has 1 fully saturated rings. The van der Waals surface area contributed by atoms with Crippen molar-refractivity contribution in [3.8, 4) is 0 Å². The second-order valence-corrected chi connectivity index (χ2v) is 6.46. The van der Waals surface area contributed by atoms with Crippen LogP contribution < -0.4 is 0 Å². The largest absolute Gasteiger partial charge is 0.481 e. The first-order valence-corrected chi connectivity index (χ1v) is 7.81. The Morgan fingerprint density at radius 1 is 1.23 bits per heavy atom. The van der Waals surface area contributed by atoms with Crippen LogP contribution >= 0.6 is 0 Å². The van der Waals surface area contributed by atoms with E-state index in [9.17, 15) is 31.2 Å². The van der Waals surface area contributed by atoms with Gasteiger partial charge in [-0.05, 0) is 12.8 Å². The van der Waals surface area contributed by atoms with E-state index in [-0.39, 0.29) is 12.8 Å². The number of hydrogen-bond donors (Lipinski definition) is 2. The molecule has 0 bridgehead atoms. The number of carboxylic acids is 1. The molecule has 2 N–H and O–H groups in total. The van der Waals surface area contributed by atoms with E-state index in [0.717, 1.165) is 0 Å². The summed E-state index contributed by atoms with van der Waals surface area (Å²) in [6.07, 6.45) is -1.99. The first-order valence-electron chi connectivity index (χ1n) is 6.36. The molecule has 1 rings (SSSR count). The molecular formula is C11H15F3O7S. The molecule has 22 heavy (non-hydrogen) atoms.